The van der Waals surface area contributed by atoms with Crippen LogP contribution in [0.3, 0.4) is 0 Å². The number of aryl methyl sites for hydroxylation is 1. The molecule has 1 amide bonds. The number of halogens is 2. The Bertz CT molecular complexity index is 815. The van der Waals surface area contributed by atoms with Crippen molar-refractivity contribution >= 4 is 57.5 Å². The van der Waals surface area contributed by atoms with E-state index in [-0.39, 0.29) is 12.5 Å². The molecule has 132 valence electrons. The lowest BCUT2D eigenvalue weighted by Crippen LogP contribution is -2.11. The van der Waals surface area contributed by atoms with E-state index >= 15 is 0 Å². The van der Waals surface area contributed by atoms with Gasteiger partial charge < -0.3 is 10.1 Å². The number of thiophene rings is 1. The van der Waals surface area contributed by atoms with Crippen LogP contribution in [0.2, 0.25) is 10.0 Å². The number of rotatable bonds is 6. The first-order valence-corrected chi connectivity index (χ1v) is 9.25. The quantitative estimate of drug-likeness (QED) is 0.520. The van der Waals surface area contributed by atoms with Crippen LogP contribution in [0, 0.1) is 0 Å². The molecule has 1 heterocycles. The maximum atomic E-state index is 12.2. The number of hydrogen-bond acceptors (Lipinski definition) is 4. The van der Waals surface area contributed by atoms with Crippen LogP contribution in [0.1, 0.15) is 34.6 Å². The summed E-state index contributed by atoms with van der Waals surface area (Å²) in [6.07, 6.45) is 3.71. The minimum absolute atomic E-state index is 0.276. The Morgan fingerprint density at radius 3 is 2.64 bits per heavy atom. The van der Waals surface area contributed by atoms with E-state index in [9.17, 15) is 9.59 Å². The third-order valence-electron chi connectivity index (χ3n) is 3.24. The van der Waals surface area contributed by atoms with Gasteiger partial charge in [-0.2, -0.15) is 0 Å². The van der Waals surface area contributed by atoms with E-state index in [1.54, 1.807) is 37.3 Å². The molecule has 2 aromatic rings. The molecule has 7 heteroatoms. The molecule has 4 nitrogen and oxygen atoms in total. The average molecular weight is 398 g/mol. The van der Waals surface area contributed by atoms with Crippen LogP contribution in [-0.2, 0) is 16.0 Å². The van der Waals surface area contributed by atoms with Crippen LogP contribution in [0.25, 0.3) is 6.08 Å². The summed E-state index contributed by atoms with van der Waals surface area (Å²) in [6.45, 7) is 4.00. The molecular formula is C18H17Cl2NO3S. The lowest BCUT2D eigenvalue weighted by Gasteiger charge is -2.04. The van der Waals surface area contributed by atoms with Gasteiger partial charge in [0.15, 0.2) is 0 Å². The van der Waals surface area contributed by atoms with Crippen molar-refractivity contribution in [3.05, 3.63) is 56.4 Å². The van der Waals surface area contributed by atoms with Crippen molar-refractivity contribution in [1.82, 2.24) is 0 Å². The van der Waals surface area contributed by atoms with Crippen molar-refractivity contribution in [3.63, 3.8) is 0 Å². The average Bonchev–Trinajstić information content (AvgIpc) is 2.97. The second kappa shape index (κ2) is 9.04. The van der Waals surface area contributed by atoms with Gasteiger partial charge in [0, 0.05) is 21.0 Å². The summed E-state index contributed by atoms with van der Waals surface area (Å²) in [4.78, 5) is 25.2. The van der Waals surface area contributed by atoms with Crippen LogP contribution < -0.4 is 5.32 Å². The van der Waals surface area contributed by atoms with Crippen molar-refractivity contribution in [3.8, 4) is 0 Å². The molecule has 0 saturated carbocycles. The fourth-order valence-electron chi connectivity index (χ4n) is 2.03. The van der Waals surface area contributed by atoms with E-state index in [0.717, 1.165) is 11.3 Å². The molecule has 0 saturated heterocycles. The van der Waals surface area contributed by atoms with E-state index < -0.39 is 5.97 Å². The zero-order chi connectivity index (χ0) is 18.4. The highest BCUT2D eigenvalue weighted by Crippen LogP contribution is 2.29. The number of carbonyl (C=O) groups is 2. The largest absolute Gasteiger partial charge is 0.462 e. The molecule has 0 bridgehead atoms. The monoisotopic (exact) mass is 397 g/mol. The number of anilines is 1. The summed E-state index contributed by atoms with van der Waals surface area (Å²) in [5.41, 5.74) is 1.04. The smallest absolute Gasteiger partial charge is 0.341 e. The molecule has 0 aliphatic heterocycles. The Balaban J connectivity index is 2.15. The van der Waals surface area contributed by atoms with Gasteiger partial charge in [0.25, 0.3) is 0 Å². The predicted octanol–water partition coefficient (Wildman–Crippen LogP) is 5.45. The normalized spacial score (nSPS) is 10.9. The molecule has 1 aromatic carbocycles. The number of carbonyl (C=O) groups excluding carboxylic acids is 2. The Hall–Kier alpha value is -1.82. The highest BCUT2D eigenvalue weighted by Gasteiger charge is 2.17. The second-order valence-electron chi connectivity index (χ2n) is 5.02. The maximum absolute atomic E-state index is 12.2. The number of nitrogens with one attached hydrogen (secondary N) is 1. The molecule has 1 aromatic heterocycles. The van der Waals surface area contributed by atoms with Gasteiger partial charge in [0.1, 0.15) is 5.00 Å². The highest BCUT2D eigenvalue weighted by atomic mass is 35.5. The van der Waals surface area contributed by atoms with Crippen LogP contribution in [0.5, 0.6) is 0 Å². The van der Waals surface area contributed by atoms with Gasteiger partial charge >= 0.3 is 5.97 Å². The number of amides is 1. The zero-order valence-corrected chi connectivity index (χ0v) is 16.1. The van der Waals surface area contributed by atoms with Crippen LogP contribution in [0.15, 0.2) is 30.3 Å². The van der Waals surface area contributed by atoms with Gasteiger partial charge in [-0.25, -0.2) is 4.79 Å². The molecule has 0 fully saturated rings. The number of benzene rings is 1. The van der Waals surface area contributed by atoms with Crippen molar-refractivity contribution in [2.24, 2.45) is 0 Å². The SMILES string of the molecule is CCOC(=O)c1cc(CC)sc1NC(=O)/C=C/c1ccc(Cl)cc1Cl. The maximum Gasteiger partial charge on any atom is 0.341 e. The fourth-order valence-corrected chi connectivity index (χ4v) is 3.48. The zero-order valence-electron chi connectivity index (χ0n) is 13.8. The Morgan fingerprint density at radius 2 is 2.00 bits per heavy atom. The van der Waals surface area contributed by atoms with Gasteiger partial charge in [-0.05, 0) is 43.2 Å². The number of hydrogen-bond donors (Lipinski definition) is 1. The van der Waals surface area contributed by atoms with Gasteiger partial charge in [-0.3, -0.25) is 4.79 Å². The molecule has 1 N–H and O–H groups in total. The summed E-state index contributed by atoms with van der Waals surface area (Å²) >= 11 is 13.3. The molecule has 0 unspecified atom stereocenters. The van der Waals surface area contributed by atoms with Crippen LogP contribution in [0.4, 0.5) is 5.00 Å². The molecule has 0 aliphatic rings. The van der Waals surface area contributed by atoms with Crippen LogP contribution in [-0.4, -0.2) is 18.5 Å². The Kier molecular flexibility index (Phi) is 7.05. The first-order valence-electron chi connectivity index (χ1n) is 7.68. The summed E-state index contributed by atoms with van der Waals surface area (Å²) in [7, 11) is 0. The predicted molar refractivity (Wildman–Crippen MR) is 104 cm³/mol. The summed E-state index contributed by atoms with van der Waals surface area (Å²) in [5, 5.41) is 4.18. The van der Waals surface area contributed by atoms with Crippen molar-refractivity contribution < 1.29 is 14.3 Å². The summed E-state index contributed by atoms with van der Waals surface area (Å²) < 4.78 is 5.03. The van der Waals surface area contributed by atoms with Crippen molar-refractivity contribution in [2.75, 3.05) is 11.9 Å². The lowest BCUT2D eigenvalue weighted by atomic mass is 10.2. The van der Waals surface area contributed by atoms with E-state index in [1.165, 1.54) is 17.4 Å². The molecule has 0 atom stereocenters. The van der Waals surface area contributed by atoms with Crippen molar-refractivity contribution in [1.29, 1.82) is 0 Å². The van der Waals surface area contributed by atoms with Gasteiger partial charge in [-0.1, -0.05) is 36.2 Å². The summed E-state index contributed by atoms with van der Waals surface area (Å²) in [5.74, 6) is -0.806. The first kappa shape index (κ1) is 19.5. The molecule has 0 radical (unpaired) electrons. The topological polar surface area (TPSA) is 55.4 Å². The second-order valence-corrected chi connectivity index (χ2v) is 7.00. The summed E-state index contributed by atoms with van der Waals surface area (Å²) in [6, 6.07) is 6.76. The molecule has 0 aliphatic carbocycles. The fraction of sp³-hybridized carbons (Fsp3) is 0.222. The van der Waals surface area contributed by atoms with E-state index in [4.69, 9.17) is 27.9 Å². The minimum atomic E-state index is -0.446. The molecule has 0 spiro atoms. The van der Waals surface area contributed by atoms with E-state index in [2.05, 4.69) is 5.32 Å². The third-order valence-corrected chi connectivity index (χ3v) is 5.00. The van der Waals surface area contributed by atoms with Gasteiger partial charge in [0.05, 0.1) is 12.2 Å². The van der Waals surface area contributed by atoms with E-state index in [0.29, 0.717) is 26.2 Å². The van der Waals surface area contributed by atoms with Crippen LogP contribution >= 0.6 is 34.5 Å². The molecule has 2 rings (SSSR count). The molecule has 25 heavy (non-hydrogen) atoms. The Morgan fingerprint density at radius 1 is 1.24 bits per heavy atom. The first-order chi connectivity index (χ1) is 11.9. The molecular weight excluding hydrogens is 381 g/mol. The van der Waals surface area contributed by atoms with E-state index in [1.807, 2.05) is 6.92 Å². The number of esters is 1. The standard InChI is InChI=1S/C18H17Cl2NO3S/c1-3-13-10-14(18(23)24-4-2)17(25-13)21-16(22)8-6-11-5-7-12(19)9-15(11)20/h5-10H,3-4H2,1-2H3,(H,21,22)/b8-6+. The van der Waals surface area contributed by atoms with Crippen molar-refractivity contribution in [2.45, 2.75) is 20.3 Å². The Labute approximate surface area is 160 Å². The lowest BCUT2D eigenvalue weighted by molar-refractivity contribution is -0.111. The third kappa shape index (κ3) is 5.33. The van der Waals surface area contributed by atoms with Gasteiger partial charge in [-0.15, -0.1) is 11.3 Å². The minimum Gasteiger partial charge on any atom is -0.462 e. The highest BCUT2D eigenvalue weighted by molar-refractivity contribution is 7.16. The van der Waals surface area contributed by atoms with Gasteiger partial charge in [0.2, 0.25) is 5.91 Å². The number of ether oxygens (including phenoxy) is 1.